The van der Waals surface area contributed by atoms with Crippen molar-refractivity contribution in [1.82, 2.24) is 10.6 Å². The summed E-state index contributed by atoms with van der Waals surface area (Å²) >= 11 is 0. The Balaban J connectivity index is 3.05. The van der Waals surface area contributed by atoms with Crippen molar-refractivity contribution >= 4 is 17.9 Å². The van der Waals surface area contributed by atoms with Crippen LogP contribution in [-0.2, 0) is 14.3 Å². The minimum atomic E-state index is -1.44. The molecule has 0 aliphatic heterocycles. The maximum Gasteiger partial charge on any atom is 0.325 e. The van der Waals surface area contributed by atoms with E-state index in [0.717, 1.165) is 19.3 Å². The summed E-state index contributed by atoms with van der Waals surface area (Å²) in [5.74, 6) is -1.31. The zero-order valence-corrected chi connectivity index (χ0v) is 11.5. The number of amides is 3. The van der Waals surface area contributed by atoms with Crippen LogP contribution < -0.4 is 10.6 Å². The predicted molar refractivity (Wildman–Crippen MR) is 69.3 cm³/mol. The molecule has 0 radical (unpaired) electrons. The normalized spacial score (nSPS) is 17.7. The summed E-state index contributed by atoms with van der Waals surface area (Å²) in [6.07, 6.45) is 5.34. The van der Waals surface area contributed by atoms with Gasteiger partial charge in [0.15, 0.2) is 5.41 Å². The number of methoxy groups -OCH3 is 1. The molecule has 0 aromatic heterocycles. The van der Waals surface area contributed by atoms with Gasteiger partial charge in [0, 0.05) is 7.05 Å². The topological polar surface area (TPSA) is 84.5 Å². The van der Waals surface area contributed by atoms with E-state index in [4.69, 9.17) is 4.74 Å². The van der Waals surface area contributed by atoms with Gasteiger partial charge < -0.3 is 10.1 Å². The molecule has 1 atom stereocenters. The number of nitrogens with one attached hydrogen (secondary N) is 2. The highest BCUT2D eigenvalue weighted by Crippen LogP contribution is 2.35. The van der Waals surface area contributed by atoms with Gasteiger partial charge in [0.2, 0.25) is 5.91 Å². The Kier molecular flexibility index (Phi) is 5.09. The molecule has 0 aromatic rings. The Hall–Kier alpha value is -1.85. The quantitative estimate of drug-likeness (QED) is 0.456. The lowest BCUT2D eigenvalue weighted by molar-refractivity contribution is -0.154. The number of hydrogen-bond acceptors (Lipinski definition) is 4. The van der Waals surface area contributed by atoms with E-state index in [1.807, 2.05) is 6.08 Å². The average molecular weight is 268 g/mol. The van der Waals surface area contributed by atoms with Gasteiger partial charge in [-0.3, -0.25) is 14.9 Å². The number of carbonyl (C=O) groups excluding carboxylic acids is 3. The number of carbonyl (C=O) groups is 3. The van der Waals surface area contributed by atoms with Gasteiger partial charge in [-0.25, -0.2) is 4.79 Å². The first kappa shape index (κ1) is 15.2. The zero-order chi connectivity index (χ0) is 14.5. The molecule has 106 valence electrons. The van der Waals surface area contributed by atoms with Crippen LogP contribution in [0.4, 0.5) is 4.79 Å². The van der Waals surface area contributed by atoms with Crippen molar-refractivity contribution in [3.63, 3.8) is 0 Å². The Bertz CT molecular complexity index is 417. The highest BCUT2D eigenvalue weighted by atomic mass is 16.5. The van der Waals surface area contributed by atoms with Crippen LogP contribution in [0.3, 0.4) is 0 Å². The monoisotopic (exact) mass is 268 g/mol. The standard InChI is InChI=1S/C13H20N2O4/c1-13(11(17)19-3,9-7-5-4-6-8-9)10(16)15-12(18)14-2/h7H,4-6,8H2,1-3H3,(H2,14,15,16,18). The molecular formula is C13H20N2O4. The minimum Gasteiger partial charge on any atom is -0.468 e. The summed E-state index contributed by atoms with van der Waals surface area (Å²) in [6, 6.07) is -0.642. The van der Waals surface area contributed by atoms with Crippen LogP contribution in [0.2, 0.25) is 0 Å². The lowest BCUT2D eigenvalue weighted by atomic mass is 9.76. The van der Waals surface area contributed by atoms with Gasteiger partial charge in [-0.15, -0.1) is 0 Å². The Morgan fingerprint density at radius 1 is 1.32 bits per heavy atom. The van der Waals surface area contributed by atoms with Crippen molar-refractivity contribution in [3.05, 3.63) is 11.6 Å². The van der Waals surface area contributed by atoms with Gasteiger partial charge in [-0.1, -0.05) is 6.08 Å². The van der Waals surface area contributed by atoms with Crippen molar-refractivity contribution in [1.29, 1.82) is 0 Å². The Morgan fingerprint density at radius 2 is 2.00 bits per heavy atom. The molecule has 0 saturated carbocycles. The van der Waals surface area contributed by atoms with Crippen molar-refractivity contribution in [2.24, 2.45) is 5.41 Å². The van der Waals surface area contributed by atoms with E-state index < -0.39 is 23.3 Å². The molecule has 1 unspecified atom stereocenters. The van der Waals surface area contributed by atoms with E-state index in [2.05, 4.69) is 10.6 Å². The van der Waals surface area contributed by atoms with E-state index in [-0.39, 0.29) is 0 Å². The molecule has 0 aromatic carbocycles. The lowest BCUT2D eigenvalue weighted by Crippen LogP contribution is -2.50. The molecule has 0 spiro atoms. The highest BCUT2D eigenvalue weighted by Gasteiger charge is 2.46. The van der Waals surface area contributed by atoms with E-state index in [0.29, 0.717) is 12.0 Å². The first-order valence-electron chi connectivity index (χ1n) is 6.28. The molecule has 0 bridgehead atoms. The molecule has 1 rings (SSSR count). The lowest BCUT2D eigenvalue weighted by Gasteiger charge is -2.29. The van der Waals surface area contributed by atoms with Crippen LogP contribution in [0, 0.1) is 5.41 Å². The molecule has 2 N–H and O–H groups in total. The van der Waals surface area contributed by atoms with Crippen LogP contribution in [0.15, 0.2) is 11.6 Å². The first-order valence-corrected chi connectivity index (χ1v) is 6.28. The van der Waals surface area contributed by atoms with Crippen molar-refractivity contribution in [2.75, 3.05) is 14.2 Å². The molecule has 0 fully saturated rings. The third kappa shape index (κ3) is 3.13. The fraction of sp³-hybridized carbons (Fsp3) is 0.615. The van der Waals surface area contributed by atoms with Crippen LogP contribution in [0.1, 0.15) is 32.6 Å². The van der Waals surface area contributed by atoms with E-state index in [1.54, 1.807) is 0 Å². The summed E-state index contributed by atoms with van der Waals surface area (Å²) in [7, 11) is 2.63. The number of imide groups is 1. The molecule has 1 aliphatic carbocycles. The smallest absolute Gasteiger partial charge is 0.325 e. The van der Waals surface area contributed by atoms with Crippen molar-refractivity contribution in [3.8, 4) is 0 Å². The maximum absolute atomic E-state index is 12.2. The second-order valence-electron chi connectivity index (χ2n) is 4.62. The maximum atomic E-state index is 12.2. The predicted octanol–water partition coefficient (Wildman–Crippen LogP) is 1.12. The van der Waals surface area contributed by atoms with Crippen LogP contribution >= 0.6 is 0 Å². The minimum absolute atomic E-state index is 0.642. The molecule has 0 heterocycles. The fourth-order valence-electron chi connectivity index (χ4n) is 2.16. The Morgan fingerprint density at radius 3 is 2.47 bits per heavy atom. The average Bonchev–Trinajstić information content (AvgIpc) is 2.45. The molecule has 6 heteroatoms. The van der Waals surface area contributed by atoms with Gasteiger partial charge in [0.25, 0.3) is 0 Å². The second kappa shape index (κ2) is 6.36. The van der Waals surface area contributed by atoms with Gasteiger partial charge in [-0.05, 0) is 38.2 Å². The van der Waals surface area contributed by atoms with Crippen LogP contribution in [-0.4, -0.2) is 32.1 Å². The number of hydrogen-bond donors (Lipinski definition) is 2. The zero-order valence-electron chi connectivity index (χ0n) is 11.5. The third-order valence-corrected chi connectivity index (χ3v) is 3.44. The molecular weight excluding hydrogens is 248 g/mol. The molecule has 19 heavy (non-hydrogen) atoms. The van der Waals surface area contributed by atoms with Crippen LogP contribution in [0.25, 0.3) is 0 Å². The van der Waals surface area contributed by atoms with Gasteiger partial charge in [-0.2, -0.15) is 0 Å². The molecule has 6 nitrogen and oxygen atoms in total. The molecule has 1 aliphatic rings. The summed E-state index contributed by atoms with van der Waals surface area (Å²) in [4.78, 5) is 35.5. The first-order chi connectivity index (χ1) is 8.96. The van der Waals surface area contributed by atoms with Gasteiger partial charge >= 0.3 is 12.0 Å². The van der Waals surface area contributed by atoms with Crippen LogP contribution in [0.5, 0.6) is 0 Å². The highest BCUT2D eigenvalue weighted by molar-refractivity contribution is 6.10. The summed E-state index contributed by atoms with van der Waals surface area (Å²) in [6.45, 7) is 1.49. The Labute approximate surface area is 112 Å². The number of allylic oxidation sites excluding steroid dienone is 1. The fourth-order valence-corrected chi connectivity index (χ4v) is 2.16. The van der Waals surface area contributed by atoms with E-state index in [9.17, 15) is 14.4 Å². The third-order valence-electron chi connectivity index (χ3n) is 3.44. The van der Waals surface area contributed by atoms with Crippen molar-refractivity contribution in [2.45, 2.75) is 32.6 Å². The number of rotatable bonds is 3. The summed E-state index contributed by atoms with van der Waals surface area (Å²) in [5.41, 5.74) is -0.728. The second-order valence-corrected chi connectivity index (χ2v) is 4.62. The SMILES string of the molecule is CNC(=O)NC(=O)C(C)(C(=O)OC)C1=CCCCC1. The van der Waals surface area contributed by atoms with Crippen molar-refractivity contribution < 1.29 is 19.1 Å². The van der Waals surface area contributed by atoms with E-state index in [1.165, 1.54) is 21.1 Å². The van der Waals surface area contributed by atoms with Gasteiger partial charge in [0.05, 0.1) is 7.11 Å². The summed E-state index contributed by atoms with van der Waals surface area (Å²) < 4.78 is 4.73. The number of urea groups is 1. The molecule has 3 amide bonds. The number of ether oxygens (including phenoxy) is 1. The van der Waals surface area contributed by atoms with E-state index >= 15 is 0 Å². The molecule has 0 saturated heterocycles. The van der Waals surface area contributed by atoms with Gasteiger partial charge in [0.1, 0.15) is 0 Å². The number of esters is 1. The summed E-state index contributed by atoms with van der Waals surface area (Å²) in [5, 5.41) is 4.44. The largest absolute Gasteiger partial charge is 0.468 e.